The van der Waals surface area contributed by atoms with Crippen molar-refractivity contribution in [2.75, 3.05) is 18.0 Å². The number of hydrogen-bond donors (Lipinski definition) is 2. The molecule has 0 aromatic carbocycles. The van der Waals surface area contributed by atoms with Gasteiger partial charge in [-0.2, -0.15) is 0 Å². The van der Waals surface area contributed by atoms with E-state index in [9.17, 15) is 4.79 Å². The van der Waals surface area contributed by atoms with Gasteiger partial charge in [-0.3, -0.25) is 4.79 Å². The standard InChI is InChI=1S/C13H20N4O.2ClH/c1-10(14)13(18)16-9-11-4-5-12(15-8-11)17-6-2-3-7-17;;/h4-5,8,10H,2-3,6-7,9,14H2,1H3,(H,16,18);2*1H/t10-;;/m0../s1. The number of nitrogens with one attached hydrogen (secondary N) is 1. The predicted molar refractivity (Wildman–Crippen MR) is 85.7 cm³/mol. The van der Waals surface area contributed by atoms with E-state index in [-0.39, 0.29) is 30.7 Å². The van der Waals surface area contributed by atoms with Crippen LogP contribution in [0.1, 0.15) is 25.3 Å². The maximum Gasteiger partial charge on any atom is 0.236 e. The first-order valence-corrected chi connectivity index (χ1v) is 6.40. The van der Waals surface area contributed by atoms with E-state index in [1.807, 2.05) is 18.3 Å². The minimum absolute atomic E-state index is 0. The Morgan fingerprint density at radius 1 is 1.40 bits per heavy atom. The zero-order chi connectivity index (χ0) is 13.0. The van der Waals surface area contributed by atoms with Gasteiger partial charge in [-0.15, -0.1) is 24.8 Å². The Bertz CT molecular complexity index is 405. The van der Waals surface area contributed by atoms with Crippen molar-refractivity contribution in [1.29, 1.82) is 0 Å². The van der Waals surface area contributed by atoms with Gasteiger partial charge in [0.2, 0.25) is 5.91 Å². The summed E-state index contributed by atoms with van der Waals surface area (Å²) < 4.78 is 0. The van der Waals surface area contributed by atoms with Gasteiger partial charge in [0.25, 0.3) is 0 Å². The van der Waals surface area contributed by atoms with Crippen LogP contribution in [-0.4, -0.2) is 30.0 Å². The molecule has 5 nitrogen and oxygen atoms in total. The van der Waals surface area contributed by atoms with Gasteiger partial charge in [0.1, 0.15) is 5.82 Å². The molecule has 1 atom stereocenters. The second kappa shape index (κ2) is 9.00. The number of anilines is 1. The third-order valence-electron chi connectivity index (χ3n) is 3.12. The molecule has 0 aliphatic carbocycles. The molecule has 1 aliphatic rings. The van der Waals surface area contributed by atoms with Crippen LogP contribution in [0.15, 0.2) is 18.3 Å². The number of halogens is 2. The molecule has 1 aromatic heterocycles. The van der Waals surface area contributed by atoms with Crippen LogP contribution in [0.3, 0.4) is 0 Å². The highest BCUT2D eigenvalue weighted by molar-refractivity contribution is 5.85. The van der Waals surface area contributed by atoms with Crippen LogP contribution in [0.2, 0.25) is 0 Å². The fourth-order valence-electron chi connectivity index (χ4n) is 2.00. The summed E-state index contributed by atoms with van der Waals surface area (Å²) in [5, 5.41) is 2.77. The van der Waals surface area contributed by atoms with E-state index < -0.39 is 6.04 Å². The van der Waals surface area contributed by atoms with Crippen LogP contribution >= 0.6 is 24.8 Å². The monoisotopic (exact) mass is 320 g/mol. The topological polar surface area (TPSA) is 71.2 Å². The Hall–Kier alpha value is -1.04. The van der Waals surface area contributed by atoms with E-state index in [4.69, 9.17) is 5.73 Å². The van der Waals surface area contributed by atoms with E-state index in [1.165, 1.54) is 12.8 Å². The van der Waals surface area contributed by atoms with Crippen molar-refractivity contribution in [2.45, 2.75) is 32.4 Å². The molecule has 0 bridgehead atoms. The first-order chi connectivity index (χ1) is 8.66. The second-order valence-electron chi connectivity index (χ2n) is 4.73. The molecule has 2 rings (SSSR count). The number of pyridine rings is 1. The summed E-state index contributed by atoms with van der Waals surface area (Å²) in [6.07, 6.45) is 4.30. The first-order valence-electron chi connectivity index (χ1n) is 6.40. The van der Waals surface area contributed by atoms with Crippen LogP contribution in [0.5, 0.6) is 0 Å². The van der Waals surface area contributed by atoms with Crippen LogP contribution in [0.25, 0.3) is 0 Å². The Balaban J connectivity index is 0.00000180. The Morgan fingerprint density at radius 3 is 2.55 bits per heavy atom. The number of nitrogens with two attached hydrogens (primary N) is 1. The molecule has 114 valence electrons. The molecule has 1 fully saturated rings. The van der Waals surface area contributed by atoms with Gasteiger partial charge in [0.05, 0.1) is 6.04 Å². The van der Waals surface area contributed by atoms with Gasteiger partial charge in [0.15, 0.2) is 0 Å². The van der Waals surface area contributed by atoms with Crippen molar-refractivity contribution in [2.24, 2.45) is 5.73 Å². The van der Waals surface area contributed by atoms with Crippen molar-refractivity contribution in [3.05, 3.63) is 23.9 Å². The van der Waals surface area contributed by atoms with Gasteiger partial charge < -0.3 is 16.0 Å². The quantitative estimate of drug-likeness (QED) is 0.881. The lowest BCUT2D eigenvalue weighted by Gasteiger charge is -2.16. The lowest BCUT2D eigenvalue weighted by atomic mass is 10.2. The molecule has 7 heteroatoms. The van der Waals surface area contributed by atoms with Crippen molar-refractivity contribution < 1.29 is 4.79 Å². The molecule has 0 saturated carbocycles. The third-order valence-corrected chi connectivity index (χ3v) is 3.12. The smallest absolute Gasteiger partial charge is 0.236 e. The number of carbonyl (C=O) groups is 1. The normalized spacial score (nSPS) is 15.0. The van der Waals surface area contributed by atoms with E-state index in [0.29, 0.717) is 6.54 Å². The highest BCUT2D eigenvalue weighted by atomic mass is 35.5. The van der Waals surface area contributed by atoms with Gasteiger partial charge in [-0.05, 0) is 31.4 Å². The molecule has 2 heterocycles. The fraction of sp³-hybridized carbons (Fsp3) is 0.538. The molecule has 20 heavy (non-hydrogen) atoms. The molecular formula is C13H22Cl2N4O. The van der Waals surface area contributed by atoms with Gasteiger partial charge >= 0.3 is 0 Å². The molecule has 3 N–H and O–H groups in total. The second-order valence-corrected chi connectivity index (χ2v) is 4.73. The fourth-order valence-corrected chi connectivity index (χ4v) is 2.00. The summed E-state index contributed by atoms with van der Waals surface area (Å²) in [5.74, 6) is 0.883. The van der Waals surface area contributed by atoms with Gasteiger partial charge in [-0.1, -0.05) is 6.07 Å². The average molecular weight is 321 g/mol. The molecule has 1 saturated heterocycles. The largest absolute Gasteiger partial charge is 0.357 e. The number of nitrogens with zero attached hydrogens (tertiary/aromatic N) is 2. The van der Waals surface area contributed by atoms with E-state index >= 15 is 0 Å². The van der Waals surface area contributed by atoms with Gasteiger partial charge in [-0.25, -0.2) is 4.98 Å². The predicted octanol–water partition coefficient (Wildman–Crippen LogP) is 1.49. The van der Waals surface area contributed by atoms with Gasteiger partial charge in [0, 0.05) is 25.8 Å². The lowest BCUT2D eigenvalue weighted by molar-refractivity contribution is -0.122. The molecule has 0 radical (unpaired) electrons. The number of carbonyl (C=O) groups excluding carboxylic acids is 1. The van der Waals surface area contributed by atoms with Crippen molar-refractivity contribution in [1.82, 2.24) is 10.3 Å². The zero-order valence-corrected chi connectivity index (χ0v) is 13.2. The SMILES string of the molecule is C[C@H](N)C(=O)NCc1ccc(N2CCCC2)nc1.Cl.Cl. The maximum atomic E-state index is 11.3. The van der Waals surface area contributed by atoms with Crippen LogP contribution in [0, 0.1) is 0 Å². The molecular weight excluding hydrogens is 299 g/mol. The molecule has 1 aliphatic heterocycles. The molecule has 0 spiro atoms. The number of rotatable bonds is 4. The average Bonchev–Trinajstić information content (AvgIpc) is 2.90. The maximum absolute atomic E-state index is 11.3. The van der Waals surface area contributed by atoms with Crippen molar-refractivity contribution in [3.63, 3.8) is 0 Å². The minimum Gasteiger partial charge on any atom is -0.357 e. The number of amides is 1. The van der Waals surface area contributed by atoms with E-state index in [1.54, 1.807) is 6.92 Å². The van der Waals surface area contributed by atoms with Crippen LogP contribution < -0.4 is 16.0 Å². The summed E-state index contributed by atoms with van der Waals surface area (Å²) in [5.41, 5.74) is 6.47. The molecule has 0 unspecified atom stereocenters. The zero-order valence-electron chi connectivity index (χ0n) is 11.5. The Kier molecular flexibility index (Phi) is 8.53. The van der Waals surface area contributed by atoms with E-state index in [2.05, 4.69) is 15.2 Å². The summed E-state index contributed by atoms with van der Waals surface area (Å²) >= 11 is 0. The number of aromatic nitrogens is 1. The highest BCUT2D eigenvalue weighted by Crippen LogP contribution is 2.17. The molecule has 1 amide bonds. The van der Waals surface area contributed by atoms with Crippen LogP contribution in [0.4, 0.5) is 5.82 Å². The Morgan fingerprint density at radius 2 is 2.05 bits per heavy atom. The van der Waals surface area contributed by atoms with E-state index in [0.717, 1.165) is 24.5 Å². The summed E-state index contributed by atoms with van der Waals surface area (Å²) in [6.45, 7) is 4.33. The van der Waals surface area contributed by atoms with Crippen LogP contribution in [-0.2, 0) is 11.3 Å². The van der Waals surface area contributed by atoms with Crippen molar-refractivity contribution in [3.8, 4) is 0 Å². The summed E-state index contributed by atoms with van der Waals surface area (Å²) in [7, 11) is 0. The minimum atomic E-state index is -0.471. The third kappa shape index (κ3) is 5.15. The number of hydrogen-bond acceptors (Lipinski definition) is 4. The summed E-state index contributed by atoms with van der Waals surface area (Å²) in [6, 6.07) is 3.54. The molecule has 1 aromatic rings. The summed E-state index contributed by atoms with van der Waals surface area (Å²) in [4.78, 5) is 18.0. The van der Waals surface area contributed by atoms with Crippen molar-refractivity contribution >= 4 is 36.5 Å². The highest BCUT2D eigenvalue weighted by Gasteiger charge is 2.13. The Labute approximate surface area is 132 Å². The first kappa shape index (κ1) is 19.0. The lowest BCUT2D eigenvalue weighted by Crippen LogP contribution is -2.37.